The zero-order chi connectivity index (χ0) is 13.3. The molecule has 2 rings (SSSR count). The predicted molar refractivity (Wildman–Crippen MR) is 72.9 cm³/mol. The largest absolute Gasteiger partial charge is 0.328 e. The molecule has 0 amide bonds. The molecule has 0 saturated carbocycles. The van der Waals surface area contributed by atoms with Gasteiger partial charge in [0.25, 0.3) is 0 Å². The Morgan fingerprint density at radius 1 is 1.44 bits per heavy atom. The van der Waals surface area contributed by atoms with E-state index in [1.165, 1.54) is 0 Å². The molecule has 0 radical (unpaired) electrons. The van der Waals surface area contributed by atoms with Gasteiger partial charge in [-0.25, -0.2) is 4.39 Å². The first-order chi connectivity index (χ1) is 8.49. The second-order valence-corrected chi connectivity index (χ2v) is 5.56. The third kappa shape index (κ3) is 2.73. The van der Waals surface area contributed by atoms with Crippen molar-refractivity contribution < 1.29 is 4.39 Å². The lowest BCUT2D eigenvalue weighted by molar-refractivity contribution is 0.104. The molecule has 0 bridgehead atoms. The number of benzene rings is 1. The number of halogens is 1. The van der Waals surface area contributed by atoms with E-state index < -0.39 is 0 Å². The molecule has 1 heterocycles. The number of hydrogen-bond acceptors (Lipinski definition) is 2. The lowest BCUT2D eigenvalue weighted by Crippen LogP contribution is -2.46. The second kappa shape index (κ2) is 5.37. The summed E-state index contributed by atoms with van der Waals surface area (Å²) in [5.74, 6) is -0.110. The molecule has 3 heteroatoms. The molecule has 2 nitrogen and oxygen atoms in total. The highest BCUT2D eigenvalue weighted by Crippen LogP contribution is 2.28. The average molecular weight is 250 g/mol. The summed E-state index contributed by atoms with van der Waals surface area (Å²) in [6.07, 6.45) is 2.06. The molecule has 3 atom stereocenters. The van der Waals surface area contributed by atoms with Crippen LogP contribution < -0.4 is 5.73 Å². The highest BCUT2D eigenvalue weighted by atomic mass is 19.1. The van der Waals surface area contributed by atoms with Crippen LogP contribution in [0.4, 0.5) is 4.39 Å². The Morgan fingerprint density at radius 3 is 2.78 bits per heavy atom. The first-order valence-electron chi connectivity index (χ1n) is 6.76. The summed E-state index contributed by atoms with van der Waals surface area (Å²) in [4.78, 5) is 2.42. The summed E-state index contributed by atoms with van der Waals surface area (Å²) < 4.78 is 13.6. The summed E-state index contributed by atoms with van der Waals surface area (Å²) in [5, 5.41) is 0. The Bertz CT molecular complexity index is 419. The predicted octanol–water partition coefficient (Wildman–Crippen LogP) is 3.01. The van der Waals surface area contributed by atoms with Crippen molar-refractivity contribution in [1.29, 1.82) is 0 Å². The maximum absolute atomic E-state index is 13.6. The van der Waals surface area contributed by atoms with Crippen LogP contribution >= 0.6 is 0 Å². The number of piperidine rings is 1. The SMILES string of the molecule is Cc1ccc(C(C)N2CCC(N)CC2C)cc1F. The number of nitrogens with zero attached hydrogens (tertiary/aromatic N) is 1. The second-order valence-electron chi connectivity index (χ2n) is 5.56. The van der Waals surface area contributed by atoms with E-state index in [9.17, 15) is 4.39 Å². The minimum absolute atomic E-state index is 0.110. The molecular formula is C15H23FN2. The molecule has 1 aromatic carbocycles. The maximum atomic E-state index is 13.6. The minimum atomic E-state index is -0.110. The van der Waals surface area contributed by atoms with Crippen LogP contribution in [0.15, 0.2) is 18.2 Å². The fraction of sp³-hybridized carbons (Fsp3) is 0.600. The van der Waals surface area contributed by atoms with Gasteiger partial charge < -0.3 is 5.73 Å². The van der Waals surface area contributed by atoms with Crippen LogP contribution in [0.3, 0.4) is 0 Å². The summed E-state index contributed by atoms with van der Waals surface area (Å²) in [6.45, 7) is 7.16. The lowest BCUT2D eigenvalue weighted by Gasteiger charge is -2.40. The quantitative estimate of drug-likeness (QED) is 0.874. The molecule has 2 N–H and O–H groups in total. The molecule has 0 spiro atoms. The summed E-state index contributed by atoms with van der Waals surface area (Å²) >= 11 is 0. The number of rotatable bonds is 2. The van der Waals surface area contributed by atoms with Crippen molar-refractivity contribution in [1.82, 2.24) is 4.90 Å². The maximum Gasteiger partial charge on any atom is 0.126 e. The average Bonchev–Trinajstić information content (AvgIpc) is 2.32. The Labute approximate surface area is 109 Å². The third-order valence-electron chi connectivity index (χ3n) is 4.14. The minimum Gasteiger partial charge on any atom is -0.328 e. The fourth-order valence-electron chi connectivity index (χ4n) is 2.86. The van der Waals surface area contributed by atoms with Crippen LogP contribution in [0.2, 0.25) is 0 Å². The standard InChI is InChI=1S/C15H23FN2/c1-10-4-5-13(9-15(10)16)12(3)18-7-6-14(17)8-11(18)2/h4-5,9,11-12,14H,6-8,17H2,1-3H3. The van der Waals surface area contributed by atoms with Gasteiger partial charge in [0.15, 0.2) is 0 Å². The van der Waals surface area contributed by atoms with Crippen LogP contribution in [-0.4, -0.2) is 23.5 Å². The van der Waals surface area contributed by atoms with Crippen molar-refractivity contribution in [3.63, 3.8) is 0 Å². The van der Waals surface area contributed by atoms with Gasteiger partial charge in [-0.15, -0.1) is 0 Å². The molecule has 1 aliphatic heterocycles. The molecule has 0 aliphatic carbocycles. The van der Waals surface area contributed by atoms with E-state index in [0.29, 0.717) is 17.6 Å². The van der Waals surface area contributed by atoms with Crippen LogP contribution in [0.5, 0.6) is 0 Å². The number of hydrogen-bond donors (Lipinski definition) is 1. The zero-order valence-corrected chi connectivity index (χ0v) is 11.5. The molecule has 1 aromatic rings. The Balaban J connectivity index is 2.15. The topological polar surface area (TPSA) is 29.3 Å². The van der Waals surface area contributed by atoms with Gasteiger partial charge in [-0.3, -0.25) is 4.90 Å². The Hall–Kier alpha value is -0.930. The molecular weight excluding hydrogens is 227 g/mol. The van der Waals surface area contributed by atoms with Crippen molar-refractivity contribution in [3.8, 4) is 0 Å². The molecule has 1 fully saturated rings. The van der Waals surface area contributed by atoms with Gasteiger partial charge in [0.05, 0.1) is 0 Å². The highest BCUT2D eigenvalue weighted by molar-refractivity contribution is 5.25. The molecule has 0 aromatic heterocycles. The van der Waals surface area contributed by atoms with Gasteiger partial charge in [-0.05, 0) is 50.8 Å². The number of nitrogens with two attached hydrogens (primary N) is 1. The van der Waals surface area contributed by atoms with Crippen LogP contribution in [0.25, 0.3) is 0 Å². The van der Waals surface area contributed by atoms with E-state index in [1.54, 1.807) is 13.0 Å². The molecule has 3 unspecified atom stereocenters. The number of aryl methyl sites for hydroxylation is 1. The first kappa shape index (κ1) is 13.5. The highest BCUT2D eigenvalue weighted by Gasteiger charge is 2.27. The van der Waals surface area contributed by atoms with E-state index in [2.05, 4.69) is 18.7 Å². The summed E-state index contributed by atoms with van der Waals surface area (Å²) in [6, 6.07) is 6.60. The van der Waals surface area contributed by atoms with Gasteiger partial charge in [-0.1, -0.05) is 12.1 Å². The smallest absolute Gasteiger partial charge is 0.126 e. The number of likely N-dealkylation sites (tertiary alicyclic amines) is 1. The molecule has 1 saturated heterocycles. The monoisotopic (exact) mass is 250 g/mol. The van der Waals surface area contributed by atoms with Crippen molar-refractivity contribution in [2.24, 2.45) is 5.73 Å². The van der Waals surface area contributed by atoms with Crippen molar-refractivity contribution >= 4 is 0 Å². The van der Waals surface area contributed by atoms with E-state index in [-0.39, 0.29) is 11.9 Å². The van der Waals surface area contributed by atoms with E-state index in [4.69, 9.17) is 5.73 Å². The molecule has 100 valence electrons. The van der Waals surface area contributed by atoms with Gasteiger partial charge in [0.2, 0.25) is 0 Å². The van der Waals surface area contributed by atoms with Gasteiger partial charge in [0, 0.05) is 24.7 Å². The fourth-order valence-corrected chi connectivity index (χ4v) is 2.86. The van der Waals surface area contributed by atoms with E-state index >= 15 is 0 Å². The van der Waals surface area contributed by atoms with Gasteiger partial charge >= 0.3 is 0 Å². The zero-order valence-electron chi connectivity index (χ0n) is 11.5. The van der Waals surface area contributed by atoms with E-state index in [0.717, 1.165) is 24.9 Å². The lowest BCUT2D eigenvalue weighted by atomic mass is 9.95. The Morgan fingerprint density at radius 2 is 2.17 bits per heavy atom. The molecule has 1 aliphatic rings. The van der Waals surface area contributed by atoms with Crippen molar-refractivity contribution in [2.75, 3.05) is 6.54 Å². The Kier molecular flexibility index (Phi) is 4.03. The van der Waals surface area contributed by atoms with Crippen molar-refractivity contribution in [3.05, 3.63) is 35.1 Å². The van der Waals surface area contributed by atoms with Crippen LogP contribution in [0, 0.1) is 12.7 Å². The van der Waals surface area contributed by atoms with Crippen LogP contribution in [-0.2, 0) is 0 Å². The van der Waals surface area contributed by atoms with Crippen LogP contribution in [0.1, 0.15) is 43.9 Å². The normalized spacial score (nSPS) is 27.2. The summed E-state index contributed by atoms with van der Waals surface area (Å²) in [5.41, 5.74) is 7.75. The summed E-state index contributed by atoms with van der Waals surface area (Å²) in [7, 11) is 0. The first-order valence-corrected chi connectivity index (χ1v) is 6.76. The van der Waals surface area contributed by atoms with Gasteiger partial charge in [-0.2, -0.15) is 0 Å². The third-order valence-corrected chi connectivity index (χ3v) is 4.14. The van der Waals surface area contributed by atoms with Crippen molar-refractivity contribution in [2.45, 2.75) is 51.7 Å². The van der Waals surface area contributed by atoms with Gasteiger partial charge in [0.1, 0.15) is 5.82 Å². The molecule has 18 heavy (non-hydrogen) atoms. The van der Waals surface area contributed by atoms with E-state index in [1.807, 2.05) is 12.1 Å².